The fourth-order valence-corrected chi connectivity index (χ4v) is 4.80. The van der Waals surface area contributed by atoms with E-state index >= 15 is 0 Å². The average Bonchev–Trinajstić information content (AvgIpc) is 3.47. The Bertz CT molecular complexity index is 1070. The number of rotatable bonds is 3. The second-order valence-corrected chi connectivity index (χ2v) is 9.82. The summed E-state index contributed by atoms with van der Waals surface area (Å²) < 4.78 is 63.5. The molecule has 37 heavy (non-hydrogen) atoms. The highest BCUT2D eigenvalue weighted by atomic mass is 32.1. The summed E-state index contributed by atoms with van der Waals surface area (Å²) in [6.45, 7) is 6.11. The van der Waals surface area contributed by atoms with Crippen LogP contribution in [0, 0.1) is 12.3 Å². The van der Waals surface area contributed by atoms with Crippen molar-refractivity contribution in [3.05, 3.63) is 46.4 Å². The lowest BCUT2D eigenvalue weighted by atomic mass is 9.86. The van der Waals surface area contributed by atoms with Crippen LogP contribution in [0.1, 0.15) is 22.6 Å². The van der Waals surface area contributed by atoms with Crippen molar-refractivity contribution >= 4 is 34.9 Å². The highest BCUT2D eigenvalue weighted by molar-refractivity contribution is 7.11. The predicted molar refractivity (Wildman–Crippen MR) is 120 cm³/mol. The predicted octanol–water partition coefficient (Wildman–Crippen LogP) is 4.35. The zero-order chi connectivity index (χ0) is 28.0. The number of hydrogen-bond donors (Lipinski definition) is 2. The maximum atomic E-state index is 12.5. The number of aromatic nitrogens is 1. The Morgan fingerprint density at radius 1 is 1.05 bits per heavy atom. The number of nitrogens with zero attached hydrogens (tertiary/aromatic N) is 3. The number of carbonyl (C=O) groups excluding carboxylic acids is 1. The maximum absolute atomic E-state index is 12.5. The second-order valence-electron chi connectivity index (χ2n) is 8.45. The largest absolute Gasteiger partial charge is 0.490 e. The summed E-state index contributed by atoms with van der Waals surface area (Å²) in [5, 5.41) is 14.2. The summed E-state index contributed by atoms with van der Waals surface area (Å²) >= 11 is 1.88. The molecule has 0 bridgehead atoms. The van der Waals surface area contributed by atoms with Crippen LogP contribution >= 0.6 is 11.3 Å². The summed E-state index contributed by atoms with van der Waals surface area (Å²) in [5.74, 6) is -5.27. The molecule has 1 amide bonds. The monoisotopic (exact) mass is 555 g/mol. The van der Waals surface area contributed by atoms with Gasteiger partial charge in [-0.1, -0.05) is 0 Å². The van der Waals surface area contributed by atoms with Gasteiger partial charge in [-0.25, -0.2) is 9.59 Å². The third-order valence-corrected chi connectivity index (χ3v) is 6.44. The minimum absolute atomic E-state index is 0.124. The SMILES string of the molecule is Cc1ccc(CN2CCC3(CC(=O)N(c4cccnc4)C3)C2)s1.O=C(O)C(F)(F)F.O=C(O)C(F)(F)F. The molecule has 1 spiro atoms. The lowest BCUT2D eigenvalue weighted by molar-refractivity contribution is -0.193. The third kappa shape index (κ3) is 9.00. The zero-order valence-electron chi connectivity index (χ0n) is 19.3. The fraction of sp³-hybridized carbons (Fsp3) is 0.455. The normalized spacial score (nSPS) is 19.8. The molecule has 2 aromatic heterocycles. The fourth-order valence-electron chi connectivity index (χ4n) is 3.87. The van der Waals surface area contributed by atoms with E-state index in [-0.39, 0.29) is 11.3 Å². The van der Waals surface area contributed by atoms with E-state index in [2.05, 4.69) is 28.9 Å². The molecule has 0 aromatic carbocycles. The standard InChI is InChI=1S/C18H21N3OS.2C2HF3O2/c1-14-4-5-16(23-14)11-20-8-6-18(12-20)9-17(22)21(13-18)15-3-2-7-19-10-15;2*3-2(4,5)1(6)7/h2-5,7,10H,6,8-9,11-13H2,1H3;2*(H,6,7). The molecule has 0 aliphatic carbocycles. The molecule has 4 heterocycles. The lowest BCUT2D eigenvalue weighted by Gasteiger charge is -2.24. The molecule has 2 fully saturated rings. The Kier molecular flexibility index (Phi) is 9.66. The molecule has 1 unspecified atom stereocenters. The topological polar surface area (TPSA) is 111 Å². The van der Waals surface area contributed by atoms with Gasteiger partial charge in [0.15, 0.2) is 0 Å². The molecule has 204 valence electrons. The zero-order valence-corrected chi connectivity index (χ0v) is 20.2. The maximum Gasteiger partial charge on any atom is 0.490 e. The van der Waals surface area contributed by atoms with Crippen LogP contribution in [0.5, 0.6) is 0 Å². The molecule has 2 saturated heterocycles. The number of pyridine rings is 1. The van der Waals surface area contributed by atoms with Gasteiger partial charge in [0.05, 0.1) is 11.9 Å². The number of carboxylic acids is 2. The van der Waals surface area contributed by atoms with E-state index in [4.69, 9.17) is 19.8 Å². The molecule has 2 N–H and O–H groups in total. The molecule has 0 saturated carbocycles. The van der Waals surface area contributed by atoms with E-state index in [0.29, 0.717) is 6.42 Å². The van der Waals surface area contributed by atoms with Crippen LogP contribution in [-0.2, 0) is 20.9 Å². The van der Waals surface area contributed by atoms with Gasteiger partial charge in [-0.05, 0) is 44.2 Å². The number of carbonyl (C=O) groups is 3. The first-order valence-electron chi connectivity index (χ1n) is 10.6. The quantitative estimate of drug-likeness (QED) is 0.542. The molecule has 8 nitrogen and oxygen atoms in total. The molecular formula is C22H23F6N3O5S. The van der Waals surface area contributed by atoms with Gasteiger partial charge < -0.3 is 15.1 Å². The van der Waals surface area contributed by atoms with Crippen molar-refractivity contribution < 1.29 is 50.9 Å². The number of amides is 1. The van der Waals surface area contributed by atoms with Crippen LogP contribution in [0.25, 0.3) is 0 Å². The highest BCUT2D eigenvalue weighted by Crippen LogP contribution is 2.42. The Balaban J connectivity index is 0.000000286. The number of alkyl halides is 6. The molecule has 2 aromatic rings. The highest BCUT2D eigenvalue weighted by Gasteiger charge is 2.47. The van der Waals surface area contributed by atoms with Gasteiger partial charge in [-0.3, -0.25) is 14.7 Å². The third-order valence-electron chi connectivity index (χ3n) is 5.46. The lowest BCUT2D eigenvalue weighted by Crippen LogP contribution is -2.31. The van der Waals surface area contributed by atoms with E-state index in [1.165, 1.54) is 9.75 Å². The van der Waals surface area contributed by atoms with Crippen LogP contribution in [0.15, 0.2) is 36.7 Å². The first-order valence-corrected chi connectivity index (χ1v) is 11.4. The summed E-state index contributed by atoms with van der Waals surface area (Å²) in [4.78, 5) is 41.6. The van der Waals surface area contributed by atoms with Crippen molar-refractivity contribution in [1.82, 2.24) is 9.88 Å². The van der Waals surface area contributed by atoms with E-state index < -0.39 is 24.3 Å². The molecule has 2 aliphatic rings. The Hall–Kier alpha value is -3.20. The van der Waals surface area contributed by atoms with Crippen LogP contribution in [-0.4, -0.2) is 69.9 Å². The minimum atomic E-state index is -5.08. The Labute approximate surface area is 211 Å². The van der Waals surface area contributed by atoms with Crippen LogP contribution in [0.2, 0.25) is 0 Å². The molecule has 15 heteroatoms. The van der Waals surface area contributed by atoms with E-state index in [1.807, 2.05) is 28.4 Å². The van der Waals surface area contributed by atoms with E-state index in [9.17, 15) is 31.1 Å². The number of aliphatic carboxylic acids is 2. The van der Waals surface area contributed by atoms with Crippen molar-refractivity contribution in [3.8, 4) is 0 Å². The number of thiophene rings is 1. The van der Waals surface area contributed by atoms with Crippen LogP contribution < -0.4 is 4.90 Å². The summed E-state index contributed by atoms with van der Waals surface area (Å²) in [7, 11) is 0. The van der Waals surface area contributed by atoms with Gasteiger partial charge in [0.2, 0.25) is 5.91 Å². The molecule has 0 radical (unpaired) electrons. The molecule has 1 atom stereocenters. The second kappa shape index (κ2) is 11.9. The van der Waals surface area contributed by atoms with Gasteiger partial charge in [-0.15, -0.1) is 11.3 Å². The van der Waals surface area contributed by atoms with Gasteiger partial charge >= 0.3 is 24.3 Å². The number of halogens is 6. The number of aryl methyl sites for hydroxylation is 1. The molecule has 2 aliphatic heterocycles. The van der Waals surface area contributed by atoms with Crippen molar-refractivity contribution in [2.45, 2.75) is 38.7 Å². The first kappa shape index (κ1) is 30.0. The Morgan fingerprint density at radius 3 is 2.11 bits per heavy atom. The van der Waals surface area contributed by atoms with Crippen molar-refractivity contribution in [2.75, 3.05) is 24.5 Å². The smallest absolute Gasteiger partial charge is 0.475 e. The van der Waals surface area contributed by atoms with Crippen molar-refractivity contribution in [3.63, 3.8) is 0 Å². The summed E-state index contributed by atoms with van der Waals surface area (Å²) in [5.41, 5.74) is 1.06. The Morgan fingerprint density at radius 2 is 1.65 bits per heavy atom. The van der Waals surface area contributed by atoms with Crippen LogP contribution in [0.4, 0.5) is 32.0 Å². The summed E-state index contributed by atoms with van der Waals surface area (Å²) in [6, 6.07) is 8.29. The van der Waals surface area contributed by atoms with Gasteiger partial charge in [-0.2, -0.15) is 26.3 Å². The average molecular weight is 555 g/mol. The molecule has 4 rings (SSSR count). The van der Waals surface area contributed by atoms with Gasteiger partial charge in [0, 0.05) is 47.4 Å². The first-order chi connectivity index (χ1) is 17.0. The van der Waals surface area contributed by atoms with Crippen molar-refractivity contribution in [2.24, 2.45) is 5.41 Å². The summed E-state index contributed by atoms with van der Waals surface area (Å²) in [6.07, 6.45) is -4.85. The number of hydrogen-bond acceptors (Lipinski definition) is 6. The number of anilines is 1. The number of carboxylic acid groups (broad SMARTS) is 2. The van der Waals surface area contributed by atoms with E-state index in [1.54, 1.807) is 12.4 Å². The molecular weight excluding hydrogens is 532 g/mol. The minimum Gasteiger partial charge on any atom is -0.475 e. The number of likely N-dealkylation sites (tertiary alicyclic amines) is 1. The van der Waals surface area contributed by atoms with Crippen molar-refractivity contribution in [1.29, 1.82) is 0 Å². The van der Waals surface area contributed by atoms with E-state index in [0.717, 1.165) is 38.3 Å². The van der Waals surface area contributed by atoms with Crippen LogP contribution in [0.3, 0.4) is 0 Å². The van der Waals surface area contributed by atoms with Gasteiger partial charge in [0.25, 0.3) is 0 Å². The van der Waals surface area contributed by atoms with Gasteiger partial charge in [0.1, 0.15) is 0 Å².